The van der Waals surface area contributed by atoms with E-state index in [1.807, 2.05) is 0 Å². The third kappa shape index (κ3) is 2.52. The standard InChI is InChI=1S/C12H13F3O5S/c13-12(14,15)21(16,17)20-9-5-4-8-10(9)19-11(18-8)6-2-1-3-7-11/h4-5,10H,1-3,6-7H2. The summed E-state index contributed by atoms with van der Waals surface area (Å²) in [5, 5.41) is 0. The van der Waals surface area contributed by atoms with Crippen LogP contribution in [0.25, 0.3) is 0 Å². The monoisotopic (exact) mass is 326 g/mol. The van der Waals surface area contributed by atoms with E-state index in [0.717, 1.165) is 25.3 Å². The molecule has 21 heavy (non-hydrogen) atoms. The van der Waals surface area contributed by atoms with Gasteiger partial charge in [0.05, 0.1) is 0 Å². The van der Waals surface area contributed by atoms with Crippen LogP contribution in [0.2, 0.25) is 0 Å². The number of halogens is 3. The molecule has 1 saturated heterocycles. The molecule has 0 bridgehead atoms. The van der Waals surface area contributed by atoms with Gasteiger partial charge in [0, 0.05) is 12.8 Å². The first kappa shape index (κ1) is 14.7. The highest BCUT2D eigenvalue weighted by molar-refractivity contribution is 7.87. The Hall–Kier alpha value is -1.22. The van der Waals surface area contributed by atoms with E-state index in [2.05, 4.69) is 4.18 Å². The smallest absolute Gasteiger partial charge is 0.463 e. The van der Waals surface area contributed by atoms with Crippen LogP contribution in [0.5, 0.6) is 0 Å². The molecule has 0 radical (unpaired) electrons. The molecule has 1 spiro atoms. The van der Waals surface area contributed by atoms with Gasteiger partial charge in [-0.15, -0.1) is 0 Å². The molecule has 1 saturated carbocycles. The minimum absolute atomic E-state index is 0.296. The average molecular weight is 326 g/mol. The summed E-state index contributed by atoms with van der Waals surface area (Å²) in [7, 11) is -5.70. The number of hydrogen-bond donors (Lipinski definition) is 0. The number of allylic oxidation sites excluding steroid dienone is 2. The van der Waals surface area contributed by atoms with Crippen LogP contribution >= 0.6 is 0 Å². The summed E-state index contributed by atoms with van der Waals surface area (Å²) in [4.78, 5) is 0. The Balaban J connectivity index is 1.74. The molecule has 1 heterocycles. The molecule has 118 valence electrons. The topological polar surface area (TPSA) is 61.8 Å². The van der Waals surface area contributed by atoms with E-state index in [1.54, 1.807) is 0 Å². The van der Waals surface area contributed by atoms with Crippen LogP contribution in [0.4, 0.5) is 13.2 Å². The molecule has 0 N–H and O–H groups in total. The Labute approximate surface area is 119 Å². The summed E-state index contributed by atoms with van der Waals surface area (Å²) in [6, 6.07) is 0. The van der Waals surface area contributed by atoms with Crippen molar-refractivity contribution in [3.05, 3.63) is 23.7 Å². The third-order valence-electron chi connectivity index (χ3n) is 3.67. The first-order valence-corrected chi connectivity index (χ1v) is 7.93. The molecule has 0 aromatic carbocycles. The van der Waals surface area contributed by atoms with Crippen LogP contribution in [0.1, 0.15) is 32.1 Å². The zero-order chi connectivity index (χ0) is 15.3. The van der Waals surface area contributed by atoms with Crippen molar-refractivity contribution < 1.29 is 35.2 Å². The second kappa shape index (κ2) is 4.64. The molecule has 0 aromatic rings. The van der Waals surface area contributed by atoms with Gasteiger partial charge in [-0.2, -0.15) is 21.6 Å². The lowest BCUT2D eigenvalue weighted by Gasteiger charge is -2.31. The summed E-state index contributed by atoms with van der Waals surface area (Å²) < 4.78 is 74.7. The SMILES string of the molecule is O=S(=O)(OC1=CC=C2OC3(CCCCC3)OC21)C(F)(F)F. The number of rotatable bonds is 2. The van der Waals surface area contributed by atoms with Gasteiger partial charge in [0.2, 0.25) is 5.79 Å². The number of hydrogen-bond acceptors (Lipinski definition) is 5. The quantitative estimate of drug-likeness (QED) is 0.577. The number of fused-ring (bicyclic) bond motifs is 1. The summed E-state index contributed by atoms with van der Waals surface area (Å²) in [5.74, 6) is -0.978. The Bertz CT molecular complexity index is 599. The third-order valence-corrected chi connectivity index (χ3v) is 4.65. The molecule has 2 aliphatic carbocycles. The van der Waals surface area contributed by atoms with Crippen LogP contribution in [-0.2, 0) is 23.8 Å². The van der Waals surface area contributed by atoms with Gasteiger partial charge in [-0.3, -0.25) is 0 Å². The number of ether oxygens (including phenoxy) is 2. The Kier molecular flexibility index (Phi) is 3.25. The van der Waals surface area contributed by atoms with Gasteiger partial charge >= 0.3 is 15.6 Å². The minimum Gasteiger partial charge on any atom is -0.463 e. The molecule has 0 aromatic heterocycles. The van der Waals surface area contributed by atoms with Crippen molar-refractivity contribution in [1.29, 1.82) is 0 Å². The molecular weight excluding hydrogens is 313 g/mol. The van der Waals surface area contributed by atoms with Crippen LogP contribution in [0.3, 0.4) is 0 Å². The first-order valence-electron chi connectivity index (χ1n) is 6.52. The predicted molar refractivity (Wildman–Crippen MR) is 64.0 cm³/mol. The molecule has 1 atom stereocenters. The normalized spacial score (nSPS) is 27.9. The van der Waals surface area contributed by atoms with Crippen molar-refractivity contribution >= 4 is 10.1 Å². The largest absolute Gasteiger partial charge is 0.534 e. The van der Waals surface area contributed by atoms with Crippen LogP contribution in [0.15, 0.2) is 23.7 Å². The predicted octanol–water partition coefficient (Wildman–Crippen LogP) is 2.71. The van der Waals surface area contributed by atoms with Crippen LogP contribution in [-0.4, -0.2) is 25.8 Å². The highest BCUT2D eigenvalue weighted by atomic mass is 32.2. The Morgan fingerprint density at radius 3 is 2.48 bits per heavy atom. The fourth-order valence-electron chi connectivity index (χ4n) is 2.69. The van der Waals surface area contributed by atoms with Gasteiger partial charge in [0.25, 0.3) is 0 Å². The van der Waals surface area contributed by atoms with Gasteiger partial charge < -0.3 is 13.7 Å². The zero-order valence-corrected chi connectivity index (χ0v) is 11.7. The first-order chi connectivity index (χ1) is 9.73. The maximum Gasteiger partial charge on any atom is 0.534 e. The van der Waals surface area contributed by atoms with Gasteiger partial charge in [0.15, 0.2) is 11.9 Å². The van der Waals surface area contributed by atoms with E-state index in [0.29, 0.717) is 18.6 Å². The van der Waals surface area contributed by atoms with Crippen molar-refractivity contribution in [3.8, 4) is 0 Å². The molecule has 9 heteroatoms. The van der Waals surface area contributed by atoms with Crippen molar-refractivity contribution in [2.45, 2.75) is 49.5 Å². The van der Waals surface area contributed by atoms with Gasteiger partial charge in [-0.25, -0.2) is 0 Å². The summed E-state index contributed by atoms with van der Waals surface area (Å²) in [5.41, 5.74) is -5.47. The average Bonchev–Trinajstić information content (AvgIpc) is 2.88. The molecule has 5 nitrogen and oxygen atoms in total. The maximum absolute atomic E-state index is 12.3. The molecule has 3 rings (SSSR count). The minimum atomic E-state index is -5.70. The van der Waals surface area contributed by atoms with Crippen molar-refractivity contribution in [2.75, 3.05) is 0 Å². The highest BCUT2D eigenvalue weighted by Crippen LogP contribution is 2.46. The van der Waals surface area contributed by atoms with E-state index < -0.39 is 33.3 Å². The molecule has 2 fully saturated rings. The number of alkyl halides is 3. The lowest BCUT2D eigenvalue weighted by Crippen LogP contribution is -2.34. The van der Waals surface area contributed by atoms with E-state index in [4.69, 9.17) is 9.47 Å². The molecule has 1 aliphatic heterocycles. The lowest BCUT2D eigenvalue weighted by atomic mass is 9.94. The summed E-state index contributed by atoms with van der Waals surface area (Å²) in [6.07, 6.45) is 5.57. The fraction of sp³-hybridized carbons (Fsp3) is 0.667. The highest BCUT2D eigenvalue weighted by Gasteiger charge is 2.53. The van der Waals surface area contributed by atoms with Crippen molar-refractivity contribution in [3.63, 3.8) is 0 Å². The van der Waals surface area contributed by atoms with Gasteiger partial charge in [-0.1, -0.05) is 6.42 Å². The maximum atomic E-state index is 12.3. The van der Waals surface area contributed by atoms with E-state index in [9.17, 15) is 21.6 Å². The van der Waals surface area contributed by atoms with Gasteiger partial charge in [0.1, 0.15) is 5.76 Å². The summed E-state index contributed by atoms with van der Waals surface area (Å²) >= 11 is 0. The lowest BCUT2D eigenvalue weighted by molar-refractivity contribution is -0.180. The summed E-state index contributed by atoms with van der Waals surface area (Å²) in [6.45, 7) is 0. The molecule has 1 unspecified atom stereocenters. The van der Waals surface area contributed by atoms with Crippen molar-refractivity contribution in [2.24, 2.45) is 0 Å². The second-order valence-corrected chi connectivity index (χ2v) is 6.73. The van der Waals surface area contributed by atoms with E-state index in [1.165, 1.54) is 6.08 Å². The Morgan fingerprint density at radius 1 is 1.19 bits per heavy atom. The van der Waals surface area contributed by atoms with E-state index >= 15 is 0 Å². The van der Waals surface area contributed by atoms with Crippen LogP contribution < -0.4 is 0 Å². The zero-order valence-electron chi connectivity index (χ0n) is 10.9. The molecule has 0 amide bonds. The van der Waals surface area contributed by atoms with Crippen LogP contribution in [0, 0.1) is 0 Å². The fourth-order valence-corrected chi connectivity index (χ4v) is 3.18. The van der Waals surface area contributed by atoms with Gasteiger partial charge in [-0.05, 0) is 25.0 Å². The Morgan fingerprint density at radius 2 is 1.86 bits per heavy atom. The molecule has 3 aliphatic rings. The van der Waals surface area contributed by atoms with E-state index in [-0.39, 0.29) is 0 Å². The second-order valence-electron chi connectivity index (χ2n) is 5.19. The van der Waals surface area contributed by atoms with Crippen molar-refractivity contribution in [1.82, 2.24) is 0 Å². The molecular formula is C12H13F3O5S.